The van der Waals surface area contributed by atoms with E-state index < -0.39 is 0 Å². The van der Waals surface area contributed by atoms with Crippen molar-refractivity contribution in [3.8, 4) is 39.1 Å². The summed E-state index contributed by atoms with van der Waals surface area (Å²) in [6.45, 7) is 0. The van der Waals surface area contributed by atoms with Crippen molar-refractivity contribution >= 4 is 70.4 Å². The summed E-state index contributed by atoms with van der Waals surface area (Å²) in [7, 11) is 0. The monoisotopic (exact) mass is 744 g/mol. The minimum Gasteiger partial charge on any atom is -0.310 e. The van der Waals surface area contributed by atoms with Crippen LogP contribution in [0.25, 0.3) is 81.0 Å². The highest BCUT2D eigenvalue weighted by Crippen LogP contribution is 2.45. The molecule has 11 aromatic rings. The van der Waals surface area contributed by atoms with E-state index in [1.807, 2.05) is 11.3 Å². The van der Waals surface area contributed by atoms with Gasteiger partial charge in [0.1, 0.15) is 0 Å². The lowest BCUT2D eigenvalue weighted by Gasteiger charge is -2.28. The number of nitrogens with zero attached hydrogens (tertiary/aromatic N) is 2. The van der Waals surface area contributed by atoms with Gasteiger partial charge < -0.3 is 9.47 Å². The maximum absolute atomic E-state index is 2.44. The molecule has 0 radical (unpaired) electrons. The van der Waals surface area contributed by atoms with Crippen molar-refractivity contribution in [2.24, 2.45) is 0 Å². The molecule has 3 heteroatoms. The minimum atomic E-state index is 1.09. The second-order valence-corrected chi connectivity index (χ2v) is 15.6. The minimum absolute atomic E-state index is 1.09. The molecule has 0 spiro atoms. The molecule has 2 nitrogen and oxygen atoms in total. The molecule has 0 bridgehead atoms. The highest BCUT2D eigenvalue weighted by Gasteiger charge is 2.21. The van der Waals surface area contributed by atoms with E-state index in [0.29, 0.717) is 0 Å². The maximum atomic E-state index is 2.44. The number of para-hydroxylation sites is 3. The molecule has 11 rings (SSSR count). The van der Waals surface area contributed by atoms with Gasteiger partial charge in [0, 0.05) is 53.6 Å². The van der Waals surface area contributed by atoms with Crippen molar-refractivity contribution in [3.05, 3.63) is 218 Å². The van der Waals surface area contributed by atoms with Crippen LogP contribution >= 0.6 is 11.3 Å². The van der Waals surface area contributed by atoms with Gasteiger partial charge in [0.05, 0.1) is 16.7 Å². The summed E-state index contributed by atoms with van der Waals surface area (Å²) in [5.41, 5.74) is 14.0. The zero-order valence-corrected chi connectivity index (χ0v) is 31.9. The van der Waals surface area contributed by atoms with Crippen molar-refractivity contribution in [1.82, 2.24) is 4.57 Å². The molecule has 0 fully saturated rings. The number of benzene rings is 9. The van der Waals surface area contributed by atoms with Crippen molar-refractivity contribution in [1.29, 1.82) is 0 Å². The van der Waals surface area contributed by atoms with Gasteiger partial charge in [-0.25, -0.2) is 0 Å². The second kappa shape index (κ2) is 13.8. The highest BCUT2D eigenvalue weighted by atomic mass is 32.1. The number of hydrogen-bond acceptors (Lipinski definition) is 2. The number of rotatable bonds is 7. The van der Waals surface area contributed by atoms with Crippen LogP contribution in [0.1, 0.15) is 0 Å². The van der Waals surface area contributed by atoms with E-state index in [9.17, 15) is 0 Å². The predicted octanol–water partition coefficient (Wildman–Crippen LogP) is 15.6. The summed E-state index contributed by atoms with van der Waals surface area (Å²) >= 11 is 1.86. The van der Waals surface area contributed by atoms with Crippen LogP contribution in [0.2, 0.25) is 0 Å². The molecule has 268 valence electrons. The van der Waals surface area contributed by atoms with Crippen LogP contribution in [0.4, 0.5) is 17.1 Å². The molecule has 0 atom stereocenters. The Morgan fingerprint density at radius 2 is 0.895 bits per heavy atom. The number of anilines is 3. The SMILES string of the molecule is c1ccc(-c2ccccc2-c2ccc(N(c3ccc4c5ccccc5n(-c5ccccc5)c4c3)c3ccccc3-c3ccc4sc5ccccc5c4c3)cc2)cc1. The number of hydrogen-bond donors (Lipinski definition) is 0. The van der Waals surface area contributed by atoms with Crippen LogP contribution in [-0.2, 0) is 0 Å². The lowest BCUT2D eigenvalue weighted by Crippen LogP contribution is -2.11. The predicted molar refractivity (Wildman–Crippen MR) is 245 cm³/mol. The van der Waals surface area contributed by atoms with Gasteiger partial charge >= 0.3 is 0 Å². The number of aromatic nitrogens is 1. The third kappa shape index (κ3) is 5.71. The Morgan fingerprint density at radius 3 is 1.68 bits per heavy atom. The fraction of sp³-hybridized carbons (Fsp3) is 0. The highest BCUT2D eigenvalue weighted by molar-refractivity contribution is 7.25. The molecule has 57 heavy (non-hydrogen) atoms. The number of thiophene rings is 1. The second-order valence-electron chi connectivity index (χ2n) is 14.5. The fourth-order valence-corrected chi connectivity index (χ4v) is 9.67. The normalized spacial score (nSPS) is 11.5. The van der Waals surface area contributed by atoms with Gasteiger partial charge in [-0.2, -0.15) is 0 Å². The standard InChI is InChI=1S/C54H36N2S/c1-3-15-37(16-4-1)43-19-7-8-20-44(43)38-27-30-41(31-28-38)55(42-32-33-47-46-22-10-13-25-51(46)56(52(47)36-42)40-17-5-2-6-18-40)50-24-12-9-21-45(50)39-29-34-54-49(35-39)48-23-11-14-26-53(48)57-54/h1-36H. The first kappa shape index (κ1) is 33.2. The van der Waals surface area contributed by atoms with Gasteiger partial charge in [-0.15, -0.1) is 11.3 Å². The largest absolute Gasteiger partial charge is 0.310 e. The average Bonchev–Trinajstić information content (AvgIpc) is 3.83. The topological polar surface area (TPSA) is 8.17 Å². The van der Waals surface area contributed by atoms with Crippen LogP contribution in [0.5, 0.6) is 0 Å². The number of fused-ring (bicyclic) bond motifs is 6. The van der Waals surface area contributed by atoms with Crippen molar-refractivity contribution in [2.45, 2.75) is 0 Å². The summed E-state index contributed by atoms with van der Waals surface area (Å²) in [6, 6.07) is 79.4. The Labute approximate surface area is 335 Å². The van der Waals surface area contributed by atoms with Crippen LogP contribution in [-0.4, -0.2) is 4.57 Å². The third-order valence-electron chi connectivity index (χ3n) is 11.2. The van der Waals surface area contributed by atoms with Crippen LogP contribution in [0, 0.1) is 0 Å². The zero-order valence-electron chi connectivity index (χ0n) is 31.1. The first-order valence-electron chi connectivity index (χ1n) is 19.4. The molecule has 9 aromatic carbocycles. The molecule has 0 saturated carbocycles. The van der Waals surface area contributed by atoms with E-state index in [-0.39, 0.29) is 0 Å². The van der Waals surface area contributed by atoms with Crippen LogP contribution in [0.15, 0.2) is 218 Å². The van der Waals surface area contributed by atoms with E-state index >= 15 is 0 Å². The van der Waals surface area contributed by atoms with Gasteiger partial charge in [0.15, 0.2) is 0 Å². The maximum Gasteiger partial charge on any atom is 0.0561 e. The first-order valence-corrected chi connectivity index (χ1v) is 20.2. The molecule has 2 heterocycles. The van der Waals surface area contributed by atoms with Crippen molar-refractivity contribution in [2.75, 3.05) is 4.90 Å². The Kier molecular flexibility index (Phi) is 8.04. The van der Waals surface area contributed by atoms with E-state index in [4.69, 9.17) is 0 Å². The summed E-state index contributed by atoms with van der Waals surface area (Å²) in [5, 5.41) is 5.07. The smallest absolute Gasteiger partial charge is 0.0561 e. The molecule has 0 unspecified atom stereocenters. The van der Waals surface area contributed by atoms with Gasteiger partial charge in [0.2, 0.25) is 0 Å². The van der Waals surface area contributed by atoms with E-state index in [1.165, 1.54) is 75.4 Å². The third-order valence-corrected chi connectivity index (χ3v) is 12.4. The molecule has 0 N–H and O–H groups in total. The van der Waals surface area contributed by atoms with Gasteiger partial charge in [0.25, 0.3) is 0 Å². The summed E-state index contributed by atoms with van der Waals surface area (Å²) in [5.74, 6) is 0. The Morgan fingerprint density at radius 1 is 0.333 bits per heavy atom. The lowest BCUT2D eigenvalue weighted by atomic mass is 9.94. The van der Waals surface area contributed by atoms with Gasteiger partial charge in [-0.05, 0) is 94.5 Å². The summed E-state index contributed by atoms with van der Waals surface area (Å²) in [6.07, 6.45) is 0. The lowest BCUT2D eigenvalue weighted by molar-refractivity contribution is 1.18. The zero-order chi connectivity index (χ0) is 37.7. The molecule has 0 aliphatic rings. The van der Waals surface area contributed by atoms with E-state index in [1.54, 1.807) is 0 Å². The Balaban J connectivity index is 1.12. The van der Waals surface area contributed by atoms with Crippen molar-refractivity contribution in [3.63, 3.8) is 0 Å². The Bertz CT molecular complexity index is 3230. The first-order chi connectivity index (χ1) is 28.3. The Hall–Kier alpha value is -7.20. The van der Waals surface area contributed by atoms with E-state index in [0.717, 1.165) is 22.7 Å². The van der Waals surface area contributed by atoms with Gasteiger partial charge in [-0.3, -0.25) is 0 Å². The quantitative estimate of drug-likeness (QED) is 0.158. The molecule has 0 aliphatic heterocycles. The van der Waals surface area contributed by atoms with Crippen molar-refractivity contribution < 1.29 is 0 Å². The molecule has 2 aromatic heterocycles. The molecule has 0 saturated heterocycles. The van der Waals surface area contributed by atoms with Crippen LogP contribution in [0.3, 0.4) is 0 Å². The molecule has 0 aliphatic carbocycles. The average molecular weight is 745 g/mol. The van der Waals surface area contributed by atoms with E-state index in [2.05, 4.69) is 228 Å². The fourth-order valence-electron chi connectivity index (χ4n) is 8.58. The summed E-state index contributed by atoms with van der Waals surface area (Å²) in [4.78, 5) is 2.44. The molecular weight excluding hydrogens is 709 g/mol. The van der Waals surface area contributed by atoms with Gasteiger partial charge in [-0.1, -0.05) is 152 Å². The molecule has 0 amide bonds. The van der Waals surface area contributed by atoms with Crippen LogP contribution < -0.4 is 4.90 Å². The summed E-state index contributed by atoms with van der Waals surface area (Å²) < 4.78 is 5.02. The molecular formula is C54H36N2S.